The zero-order valence-electron chi connectivity index (χ0n) is 52.1. The van der Waals surface area contributed by atoms with E-state index in [1.165, 1.54) is 96.3 Å². The highest BCUT2D eigenvalue weighted by Gasteiger charge is 2.22. The zero-order valence-corrected chi connectivity index (χ0v) is 52.1. The highest BCUT2D eigenvalue weighted by molar-refractivity contribution is 5.70. The fourth-order valence-electron chi connectivity index (χ4n) is 8.26. The minimum Gasteiger partial charge on any atom is -0.545 e. The SMILES string of the molecule is CC/C=C\C/C=C\C/C=C\C/C=C\C/C=C\C/C=C\C/C=C\CCCC(=O)OC(COC(=O)CCCCCCCCCCCCCCCCCCC/C=C\C/C=C\C/C=C\C/C=C\C/C=C\CC)COC(OCC[N+](C)(C)C)C(=O)[O-]. The van der Waals surface area contributed by atoms with Gasteiger partial charge in [-0.2, -0.15) is 0 Å². The predicted molar refractivity (Wildman–Crippen MR) is 342 cm³/mol. The molecular formula is C72H117NO8. The average molecular weight is 1120 g/mol. The van der Waals surface area contributed by atoms with Crippen LogP contribution in [0.1, 0.15) is 232 Å². The van der Waals surface area contributed by atoms with Gasteiger partial charge in [0.1, 0.15) is 13.2 Å². The monoisotopic (exact) mass is 1120 g/mol. The van der Waals surface area contributed by atoms with Crippen molar-refractivity contribution in [2.24, 2.45) is 0 Å². The molecule has 0 aliphatic carbocycles. The molecule has 0 N–H and O–H groups in total. The quantitative estimate of drug-likeness (QED) is 0.0195. The van der Waals surface area contributed by atoms with Crippen LogP contribution in [0.15, 0.2) is 146 Å². The summed E-state index contributed by atoms with van der Waals surface area (Å²) in [5, 5.41) is 11.8. The molecule has 0 bridgehead atoms. The number of carboxylic acid groups (broad SMARTS) is 1. The Bertz CT molecular complexity index is 1840. The van der Waals surface area contributed by atoms with Gasteiger partial charge in [-0.15, -0.1) is 0 Å². The molecule has 0 aliphatic heterocycles. The Balaban J connectivity index is 4.23. The van der Waals surface area contributed by atoms with Gasteiger partial charge in [0.05, 0.1) is 40.3 Å². The number of hydrogen-bond acceptors (Lipinski definition) is 8. The summed E-state index contributed by atoms with van der Waals surface area (Å²) in [7, 11) is 5.90. The van der Waals surface area contributed by atoms with Crippen LogP contribution in [0.3, 0.4) is 0 Å². The summed E-state index contributed by atoms with van der Waals surface area (Å²) in [6.07, 6.45) is 86.4. The van der Waals surface area contributed by atoms with Crippen LogP contribution in [-0.2, 0) is 33.3 Å². The number of carbonyl (C=O) groups is 3. The van der Waals surface area contributed by atoms with Gasteiger partial charge in [0.15, 0.2) is 12.4 Å². The number of carboxylic acids is 1. The average Bonchev–Trinajstić information content (AvgIpc) is 3.44. The molecule has 9 nitrogen and oxygen atoms in total. The van der Waals surface area contributed by atoms with E-state index in [0.29, 0.717) is 23.9 Å². The normalized spacial score (nSPS) is 13.7. The molecule has 2 atom stereocenters. The molecule has 0 aliphatic rings. The van der Waals surface area contributed by atoms with Gasteiger partial charge in [-0.05, 0) is 109 Å². The number of aliphatic carboxylic acids is 1. The fourth-order valence-corrected chi connectivity index (χ4v) is 8.26. The summed E-state index contributed by atoms with van der Waals surface area (Å²) in [6, 6.07) is 0. The smallest absolute Gasteiger partial charge is 0.306 e. The van der Waals surface area contributed by atoms with Crippen LogP contribution in [0, 0.1) is 0 Å². The highest BCUT2D eigenvalue weighted by Crippen LogP contribution is 2.16. The Morgan fingerprint density at radius 2 is 0.679 bits per heavy atom. The first-order valence-corrected chi connectivity index (χ1v) is 32.0. The molecule has 0 aromatic carbocycles. The number of hydrogen-bond donors (Lipinski definition) is 0. The second-order valence-corrected chi connectivity index (χ2v) is 21.9. The predicted octanol–water partition coefficient (Wildman–Crippen LogP) is 18.2. The Morgan fingerprint density at radius 3 is 1.02 bits per heavy atom. The summed E-state index contributed by atoms with van der Waals surface area (Å²) >= 11 is 0. The first-order chi connectivity index (χ1) is 39.6. The maximum Gasteiger partial charge on any atom is 0.306 e. The highest BCUT2D eigenvalue weighted by atomic mass is 16.7. The number of allylic oxidation sites excluding steroid dienone is 24. The van der Waals surface area contributed by atoms with Crippen molar-refractivity contribution in [2.75, 3.05) is 47.5 Å². The largest absolute Gasteiger partial charge is 0.545 e. The molecule has 0 spiro atoms. The van der Waals surface area contributed by atoms with E-state index in [9.17, 15) is 19.5 Å². The van der Waals surface area contributed by atoms with Gasteiger partial charge in [-0.1, -0.05) is 256 Å². The first kappa shape index (κ1) is 76.2. The van der Waals surface area contributed by atoms with E-state index in [0.717, 1.165) is 96.3 Å². The molecule has 2 unspecified atom stereocenters. The topological polar surface area (TPSA) is 111 Å². The lowest BCUT2D eigenvalue weighted by atomic mass is 10.0. The number of esters is 2. The Morgan fingerprint density at radius 1 is 0.370 bits per heavy atom. The van der Waals surface area contributed by atoms with Gasteiger partial charge in [0.25, 0.3) is 0 Å². The first-order valence-electron chi connectivity index (χ1n) is 32.0. The molecule has 0 heterocycles. The molecule has 0 amide bonds. The molecule has 0 fully saturated rings. The number of quaternary nitrogens is 1. The van der Waals surface area contributed by atoms with Gasteiger partial charge >= 0.3 is 11.9 Å². The fraction of sp³-hybridized carbons (Fsp3) is 0.625. The van der Waals surface area contributed by atoms with Gasteiger partial charge in [0.2, 0.25) is 0 Å². The third kappa shape index (κ3) is 62.6. The van der Waals surface area contributed by atoms with Crippen LogP contribution in [-0.4, -0.2) is 82.3 Å². The second-order valence-electron chi connectivity index (χ2n) is 21.9. The molecule has 0 rings (SSSR count). The van der Waals surface area contributed by atoms with Crippen LogP contribution >= 0.6 is 0 Å². The molecule has 0 aromatic heterocycles. The minimum absolute atomic E-state index is 0.130. The number of unbranched alkanes of at least 4 members (excludes halogenated alkanes) is 18. The molecule has 0 aromatic rings. The van der Waals surface area contributed by atoms with Crippen molar-refractivity contribution in [2.45, 2.75) is 245 Å². The van der Waals surface area contributed by atoms with E-state index >= 15 is 0 Å². The van der Waals surface area contributed by atoms with E-state index in [1.807, 2.05) is 21.1 Å². The number of carbonyl (C=O) groups excluding carboxylic acids is 3. The maximum absolute atomic E-state index is 12.9. The second kappa shape index (κ2) is 61.2. The van der Waals surface area contributed by atoms with Gasteiger partial charge in [-0.3, -0.25) is 9.59 Å². The summed E-state index contributed by atoms with van der Waals surface area (Å²) < 4.78 is 22.7. The number of rotatable bonds is 57. The van der Waals surface area contributed by atoms with Crippen molar-refractivity contribution in [1.82, 2.24) is 0 Å². The van der Waals surface area contributed by atoms with Crippen molar-refractivity contribution < 1.29 is 42.9 Å². The zero-order chi connectivity index (χ0) is 59.1. The molecule has 458 valence electrons. The van der Waals surface area contributed by atoms with E-state index in [2.05, 4.69) is 160 Å². The van der Waals surface area contributed by atoms with Crippen LogP contribution in [0.25, 0.3) is 0 Å². The van der Waals surface area contributed by atoms with Gasteiger partial charge in [-0.25, -0.2) is 0 Å². The number of ether oxygens (including phenoxy) is 4. The third-order valence-corrected chi connectivity index (χ3v) is 13.1. The van der Waals surface area contributed by atoms with Crippen molar-refractivity contribution >= 4 is 17.9 Å². The lowest BCUT2D eigenvalue weighted by molar-refractivity contribution is -0.870. The summed E-state index contributed by atoms with van der Waals surface area (Å²) in [5.74, 6) is -2.38. The molecule has 81 heavy (non-hydrogen) atoms. The Hall–Kier alpha value is -4.83. The molecule has 9 heteroatoms. The maximum atomic E-state index is 12.9. The summed E-state index contributed by atoms with van der Waals surface area (Å²) in [6.45, 7) is 4.44. The van der Waals surface area contributed by atoms with Crippen molar-refractivity contribution in [1.29, 1.82) is 0 Å². The number of likely N-dealkylation sites (N-methyl/N-ethyl adjacent to an activating group) is 1. The minimum atomic E-state index is -1.65. The molecule has 0 saturated heterocycles. The standard InChI is InChI=1S/C72H117NO8/c1-6-8-10-12-14-16-18-20-22-24-26-28-30-31-32-33-34-35-36-37-38-39-41-42-44-46-48-50-52-54-56-58-60-62-69(74)79-66-68(67-80-72(71(76)77)78-65-64-73(3,4)5)81-70(75)63-61-59-57-55-53-51-49-47-45-43-40-29-27-25-23-21-19-17-15-13-11-9-7-2/h8-11,14-17,20-23,26-29,31-32,43,45,49,51,55,57,68,72H,6-7,12-13,18-19,24-25,30,33-42,44,46-48,50,52-54,56,58-67H2,1-5H3/b10-8-,11-9-,16-14-,17-15-,22-20-,23-21-,28-26-,29-27-,32-31-,45-43-,51-49-,57-55-. The van der Waals surface area contributed by atoms with E-state index in [1.54, 1.807) is 0 Å². The van der Waals surface area contributed by atoms with Crippen LogP contribution in [0.2, 0.25) is 0 Å². The van der Waals surface area contributed by atoms with Crippen molar-refractivity contribution in [3.05, 3.63) is 146 Å². The van der Waals surface area contributed by atoms with Crippen LogP contribution < -0.4 is 5.11 Å². The summed E-state index contributed by atoms with van der Waals surface area (Å²) in [5.41, 5.74) is 0. The lowest BCUT2D eigenvalue weighted by Crippen LogP contribution is -2.44. The summed E-state index contributed by atoms with van der Waals surface area (Å²) in [4.78, 5) is 37.4. The van der Waals surface area contributed by atoms with E-state index in [4.69, 9.17) is 18.9 Å². The van der Waals surface area contributed by atoms with Gasteiger partial charge in [0, 0.05) is 12.8 Å². The van der Waals surface area contributed by atoms with E-state index < -0.39 is 24.3 Å². The van der Waals surface area contributed by atoms with E-state index in [-0.39, 0.29) is 38.6 Å². The Kier molecular flexibility index (Phi) is 57.6. The Labute approximate surface area is 496 Å². The molecule has 0 saturated carbocycles. The third-order valence-electron chi connectivity index (χ3n) is 13.1. The molecular weight excluding hydrogens is 1010 g/mol. The van der Waals surface area contributed by atoms with Crippen molar-refractivity contribution in [3.63, 3.8) is 0 Å². The number of nitrogens with zero attached hydrogens (tertiary/aromatic N) is 1. The van der Waals surface area contributed by atoms with Crippen LogP contribution in [0.5, 0.6) is 0 Å². The lowest BCUT2D eigenvalue weighted by Gasteiger charge is -2.26. The van der Waals surface area contributed by atoms with Gasteiger partial charge < -0.3 is 33.3 Å². The van der Waals surface area contributed by atoms with Crippen molar-refractivity contribution in [3.8, 4) is 0 Å². The van der Waals surface area contributed by atoms with Crippen LogP contribution in [0.4, 0.5) is 0 Å². The molecule has 0 radical (unpaired) electrons.